The van der Waals surface area contributed by atoms with Gasteiger partial charge in [0.1, 0.15) is 0 Å². The Morgan fingerprint density at radius 3 is 2.41 bits per heavy atom. The first kappa shape index (κ1) is 11.5. The lowest BCUT2D eigenvalue weighted by Gasteiger charge is -2.30. The van der Waals surface area contributed by atoms with E-state index in [-0.39, 0.29) is 5.78 Å². The van der Waals surface area contributed by atoms with E-state index in [2.05, 4.69) is 17.9 Å². The number of ketones is 1. The van der Waals surface area contributed by atoms with Crippen molar-refractivity contribution in [2.24, 2.45) is 0 Å². The van der Waals surface area contributed by atoms with Crippen molar-refractivity contribution in [2.45, 2.75) is 32.1 Å². The summed E-state index contributed by atoms with van der Waals surface area (Å²) in [6, 6.07) is 4.06. The third-order valence-electron chi connectivity index (χ3n) is 3.47. The third kappa shape index (κ3) is 1.48. The smallest absolute Gasteiger partial charge is 0.174 e. The van der Waals surface area contributed by atoms with Gasteiger partial charge in [-0.1, -0.05) is 29.5 Å². The lowest BCUT2D eigenvalue weighted by Crippen LogP contribution is -2.38. The van der Waals surface area contributed by atoms with Gasteiger partial charge >= 0.3 is 0 Å². The number of hydrogen-bond donors (Lipinski definition) is 0. The van der Waals surface area contributed by atoms with Crippen LogP contribution in [0.25, 0.3) is 0 Å². The molecule has 1 aromatic carbocycles. The van der Waals surface area contributed by atoms with Crippen LogP contribution in [0.2, 0.25) is 0 Å². The molecule has 0 aromatic heterocycles. The number of terminal acetylenes is 2. The van der Waals surface area contributed by atoms with E-state index in [9.17, 15) is 4.79 Å². The molecule has 0 saturated carbocycles. The van der Waals surface area contributed by atoms with Crippen LogP contribution in [0.5, 0.6) is 0 Å². The normalized spacial score (nSPS) is 16.8. The maximum absolute atomic E-state index is 12.1. The number of fused-ring (bicyclic) bond motifs is 1. The summed E-state index contributed by atoms with van der Waals surface area (Å²) in [5, 5.41) is 0. The largest absolute Gasteiger partial charge is 0.296 e. The maximum atomic E-state index is 12.1. The molecular weight excluding hydrogens is 208 g/mol. The Morgan fingerprint density at radius 1 is 1.18 bits per heavy atom. The highest BCUT2D eigenvalue weighted by molar-refractivity contribution is 5.99. The number of rotatable bonds is 0. The van der Waals surface area contributed by atoms with E-state index >= 15 is 0 Å². The molecule has 0 fully saturated rings. The summed E-state index contributed by atoms with van der Waals surface area (Å²) in [5.74, 6) is 5.06. The van der Waals surface area contributed by atoms with Crippen molar-refractivity contribution in [1.29, 1.82) is 0 Å². The molecule has 2 rings (SSSR count). The third-order valence-corrected chi connectivity index (χ3v) is 3.47. The highest BCUT2D eigenvalue weighted by Crippen LogP contribution is 2.36. The Bertz CT molecular complexity index is 565. The number of carbonyl (C=O) groups is 1. The predicted octanol–water partition coefficient (Wildman–Crippen LogP) is 2.32. The van der Waals surface area contributed by atoms with Crippen molar-refractivity contribution in [3.8, 4) is 24.7 Å². The van der Waals surface area contributed by atoms with Crippen molar-refractivity contribution < 1.29 is 4.79 Å². The first-order valence-corrected chi connectivity index (χ1v) is 5.64. The molecule has 0 saturated heterocycles. The number of benzene rings is 1. The molecule has 0 unspecified atom stereocenters. The molecule has 0 bridgehead atoms. The van der Waals surface area contributed by atoms with E-state index in [1.54, 1.807) is 0 Å². The van der Waals surface area contributed by atoms with Gasteiger partial charge < -0.3 is 0 Å². The van der Waals surface area contributed by atoms with Crippen LogP contribution < -0.4 is 0 Å². The summed E-state index contributed by atoms with van der Waals surface area (Å²) in [5.41, 5.74) is 3.10. The topological polar surface area (TPSA) is 17.1 Å². The van der Waals surface area contributed by atoms with Crippen molar-refractivity contribution >= 4 is 5.78 Å². The highest BCUT2D eigenvalue weighted by atomic mass is 16.1. The Kier molecular flexibility index (Phi) is 2.56. The molecule has 1 aliphatic rings. The minimum Gasteiger partial charge on any atom is -0.296 e. The Balaban J connectivity index is 2.82. The Labute approximate surface area is 102 Å². The summed E-state index contributed by atoms with van der Waals surface area (Å²) in [6.07, 6.45) is 12.3. The molecule has 17 heavy (non-hydrogen) atoms. The molecule has 1 heteroatoms. The summed E-state index contributed by atoms with van der Waals surface area (Å²) >= 11 is 0. The minimum atomic E-state index is -1.15. The number of aryl methyl sites for hydroxylation is 2. The molecule has 0 atom stereocenters. The molecule has 1 aromatic rings. The fourth-order valence-corrected chi connectivity index (χ4v) is 2.60. The van der Waals surface area contributed by atoms with Crippen molar-refractivity contribution in [1.82, 2.24) is 0 Å². The van der Waals surface area contributed by atoms with Gasteiger partial charge in [-0.2, -0.15) is 0 Å². The molecular formula is C16H14O. The van der Waals surface area contributed by atoms with E-state index in [0.29, 0.717) is 6.42 Å². The molecule has 84 valence electrons. The van der Waals surface area contributed by atoms with Gasteiger partial charge in [0.15, 0.2) is 11.2 Å². The van der Waals surface area contributed by atoms with E-state index in [4.69, 9.17) is 12.8 Å². The second-order valence-corrected chi connectivity index (χ2v) is 4.57. The van der Waals surface area contributed by atoms with Gasteiger partial charge in [-0.05, 0) is 37.0 Å². The van der Waals surface area contributed by atoms with Crippen LogP contribution in [0.4, 0.5) is 0 Å². The zero-order valence-corrected chi connectivity index (χ0v) is 10.1. The van der Waals surface area contributed by atoms with Crippen LogP contribution >= 0.6 is 0 Å². The lowest BCUT2D eigenvalue weighted by atomic mass is 9.69. The second kappa shape index (κ2) is 3.79. The second-order valence-electron chi connectivity index (χ2n) is 4.57. The fourth-order valence-electron chi connectivity index (χ4n) is 2.60. The van der Waals surface area contributed by atoms with Crippen LogP contribution in [-0.4, -0.2) is 5.78 Å². The minimum absolute atomic E-state index is 0.0278. The highest BCUT2D eigenvalue weighted by Gasteiger charge is 2.41. The van der Waals surface area contributed by atoms with Gasteiger partial charge in [0.05, 0.1) is 0 Å². The quantitative estimate of drug-likeness (QED) is 0.616. The van der Waals surface area contributed by atoms with Crippen LogP contribution in [0.3, 0.4) is 0 Å². The van der Waals surface area contributed by atoms with Gasteiger partial charge in [-0.3, -0.25) is 4.79 Å². The summed E-state index contributed by atoms with van der Waals surface area (Å²) in [7, 11) is 0. The SMILES string of the molecule is C#CC1(C#C)C(=O)CCc2c(C)cc(C)cc21. The van der Waals surface area contributed by atoms with E-state index < -0.39 is 5.41 Å². The van der Waals surface area contributed by atoms with Crippen molar-refractivity contribution in [3.05, 3.63) is 34.4 Å². The Morgan fingerprint density at radius 2 is 1.82 bits per heavy atom. The molecule has 0 aliphatic heterocycles. The van der Waals surface area contributed by atoms with Gasteiger partial charge in [-0.15, -0.1) is 12.8 Å². The van der Waals surface area contributed by atoms with Crippen LogP contribution in [-0.2, 0) is 16.6 Å². The van der Waals surface area contributed by atoms with E-state index in [0.717, 1.165) is 23.1 Å². The maximum Gasteiger partial charge on any atom is 0.174 e. The Hall–Kier alpha value is -1.99. The molecule has 0 N–H and O–H groups in total. The van der Waals surface area contributed by atoms with Crippen LogP contribution in [0.1, 0.15) is 28.7 Å². The molecule has 0 heterocycles. The van der Waals surface area contributed by atoms with Gasteiger partial charge in [0, 0.05) is 6.42 Å². The number of hydrogen-bond acceptors (Lipinski definition) is 1. The number of carbonyl (C=O) groups excluding carboxylic acids is 1. The van der Waals surface area contributed by atoms with E-state index in [1.165, 1.54) is 5.56 Å². The van der Waals surface area contributed by atoms with Crippen LogP contribution in [0.15, 0.2) is 12.1 Å². The summed E-state index contributed by atoms with van der Waals surface area (Å²) < 4.78 is 0. The van der Waals surface area contributed by atoms with E-state index in [1.807, 2.05) is 19.9 Å². The predicted molar refractivity (Wildman–Crippen MR) is 68.6 cm³/mol. The standard InChI is InChI=1S/C16H14O/c1-5-16(6-2)14-10-11(3)9-12(4)13(14)7-8-15(16)17/h1-2,9-10H,7-8H2,3-4H3. The average molecular weight is 222 g/mol. The summed E-state index contributed by atoms with van der Waals surface area (Å²) in [6.45, 7) is 4.03. The molecule has 1 aliphatic carbocycles. The molecule has 0 radical (unpaired) electrons. The van der Waals surface area contributed by atoms with Gasteiger partial charge in [0.25, 0.3) is 0 Å². The molecule has 0 amide bonds. The van der Waals surface area contributed by atoms with Crippen molar-refractivity contribution in [3.63, 3.8) is 0 Å². The zero-order valence-electron chi connectivity index (χ0n) is 10.1. The van der Waals surface area contributed by atoms with Crippen LogP contribution in [0, 0.1) is 38.5 Å². The van der Waals surface area contributed by atoms with Gasteiger partial charge in [-0.25, -0.2) is 0 Å². The first-order valence-electron chi connectivity index (χ1n) is 5.64. The molecule has 0 spiro atoms. The first-order chi connectivity index (χ1) is 8.05. The monoisotopic (exact) mass is 222 g/mol. The molecule has 1 nitrogen and oxygen atoms in total. The lowest BCUT2D eigenvalue weighted by molar-refractivity contribution is -0.121. The van der Waals surface area contributed by atoms with Crippen molar-refractivity contribution in [2.75, 3.05) is 0 Å². The fraction of sp³-hybridized carbons (Fsp3) is 0.312. The van der Waals surface area contributed by atoms with Gasteiger partial charge in [0.2, 0.25) is 0 Å². The number of Topliss-reactive ketones (excluding diaryl/α,β-unsaturated/α-hetero) is 1. The average Bonchev–Trinajstić information content (AvgIpc) is 2.29. The summed E-state index contributed by atoms with van der Waals surface area (Å²) in [4.78, 5) is 12.1. The zero-order chi connectivity index (χ0) is 12.6.